The first-order valence-corrected chi connectivity index (χ1v) is 14.1. The molecule has 2 N–H and O–H groups in total. The van der Waals surface area contributed by atoms with Crippen molar-refractivity contribution in [3.63, 3.8) is 0 Å². The molecule has 3 rings (SSSR count). The van der Waals surface area contributed by atoms with Crippen molar-refractivity contribution in [3.05, 3.63) is 59.2 Å². The number of nitrogens with zero attached hydrogens (tertiary/aromatic N) is 1. The lowest BCUT2D eigenvalue weighted by molar-refractivity contribution is -0.156. The largest absolute Gasteiger partial charge is 0.493 e. The summed E-state index contributed by atoms with van der Waals surface area (Å²) < 4.78 is 17.4. The second-order valence-electron chi connectivity index (χ2n) is 10.1. The van der Waals surface area contributed by atoms with Gasteiger partial charge in [0.2, 0.25) is 0 Å². The number of unbranched alkanes of at least 4 members (excludes halogenated alkanes) is 1. The van der Waals surface area contributed by atoms with E-state index < -0.39 is 17.5 Å². The van der Waals surface area contributed by atoms with Gasteiger partial charge in [-0.15, -0.1) is 0 Å². The lowest BCUT2D eigenvalue weighted by Crippen LogP contribution is -2.66. The second-order valence-corrected chi connectivity index (χ2v) is 10.1. The van der Waals surface area contributed by atoms with Gasteiger partial charge in [-0.2, -0.15) is 0 Å². The molecule has 1 saturated carbocycles. The Balaban J connectivity index is 1.83. The number of carboxylic acids is 1. The Kier molecular flexibility index (Phi) is 11.0. The molecule has 0 heterocycles. The molecule has 1 atom stereocenters. The SMILES string of the molecule is CCOc1cc([C@@H](C)N(CCCCc2ccccc2)C(=O)NC2(C(=O)O)CC(OCC)C2)cc(OCC)c1C. The number of ether oxygens (including phenoxy) is 3. The van der Waals surface area contributed by atoms with Crippen molar-refractivity contribution in [1.82, 2.24) is 10.2 Å². The molecule has 8 nitrogen and oxygen atoms in total. The Labute approximate surface area is 232 Å². The minimum atomic E-state index is -1.32. The third kappa shape index (κ3) is 7.66. The number of amides is 2. The van der Waals surface area contributed by atoms with E-state index in [1.807, 2.05) is 65.0 Å². The molecule has 1 aliphatic rings. The monoisotopic (exact) mass is 540 g/mol. The predicted octanol–water partition coefficient (Wildman–Crippen LogP) is 5.91. The van der Waals surface area contributed by atoms with Gasteiger partial charge in [0.25, 0.3) is 0 Å². The van der Waals surface area contributed by atoms with E-state index in [0.29, 0.717) is 26.4 Å². The number of nitrogens with one attached hydrogen (secondary N) is 1. The second kappa shape index (κ2) is 14.2. The molecule has 8 heteroatoms. The highest BCUT2D eigenvalue weighted by Crippen LogP contribution is 2.37. The molecular weight excluding hydrogens is 496 g/mol. The molecule has 1 fully saturated rings. The molecule has 2 aromatic rings. The van der Waals surface area contributed by atoms with Crippen molar-refractivity contribution in [2.75, 3.05) is 26.4 Å². The summed E-state index contributed by atoms with van der Waals surface area (Å²) in [6.45, 7) is 11.7. The zero-order chi connectivity index (χ0) is 28.4. The van der Waals surface area contributed by atoms with E-state index in [4.69, 9.17) is 14.2 Å². The van der Waals surface area contributed by atoms with E-state index in [9.17, 15) is 14.7 Å². The normalized spacial score (nSPS) is 19.1. The highest BCUT2D eigenvalue weighted by Gasteiger charge is 2.53. The Bertz CT molecular complexity index is 1060. The van der Waals surface area contributed by atoms with Crippen LogP contribution in [0, 0.1) is 6.92 Å². The zero-order valence-corrected chi connectivity index (χ0v) is 24.0. The van der Waals surface area contributed by atoms with Gasteiger partial charge < -0.3 is 29.5 Å². The highest BCUT2D eigenvalue weighted by atomic mass is 16.5. The first-order valence-electron chi connectivity index (χ1n) is 14.1. The first-order chi connectivity index (χ1) is 18.7. The topological polar surface area (TPSA) is 97.3 Å². The number of aryl methyl sites for hydroxylation is 1. The number of benzene rings is 2. The fourth-order valence-corrected chi connectivity index (χ4v) is 5.12. The van der Waals surface area contributed by atoms with Crippen molar-refractivity contribution in [2.24, 2.45) is 0 Å². The number of aliphatic carboxylic acids is 1. The van der Waals surface area contributed by atoms with Gasteiger partial charge in [-0.1, -0.05) is 30.3 Å². The summed E-state index contributed by atoms with van der Waals surface area (Å²) in [6.07, 6.45) is 2.93. The lowest BCUT2D eigenvalue weighted by atomic mass is 9.74. The number of urea groups is 1. The van der Waals surface area contributed by atoms with E-state index in [1.165, 1.54) is 5.56 Å². The standard InChI is InChI=1S/C31H44N2O6/c1-6-37-26-20-31(21-26,29(34)35)32-30(36)33(17-13-12-16-24-14-10-9-11-15-24)23(5)25-18-27(38-7-2)22(4)28(19-25)39-8-3/h9-11,14-15,18-19,23,26H,6-8,12-13,16-17,20-21H2,1-5H3,(H,32,36)(H,34,35)/t23-,26?,31?/m1/s1. The van der Waals surface area contributed by atoms with Crippen LogP contribution in [0.15, 0.2) is 42.5 Å². The zero-order valence-electron chi connectivity index (χ0n) is 24.0. The fraction of sp³-hybridized carbons (Fsp3) is 0.548. The van der Waals surface area contributed by atoms with Gasteiger partial charge in [0.05, 0.1) is 25.4 Å². The van der Waals surface area contributed by atoms with Crippen LogP contribution in [0.3, 0.4) is 0 Å². The van der Waals surface area contributed by atoms with Gasteiger partial charge in [0.1, 0.15) is 17.0 Å². The maximum Gasteiger partial charge on any atom is 0.329 e. The van der Waals surface area contributed by atoms with Crippen molar-refractivity contribution >= 4 is 12.0 Å². The van der Waals surface area contributed by atoms with Gasteiger partial charge >= 0.3 is 12.0 Å². The average molecular weight is 541 g/mol. The van der Waals surface area contributed by atoms with Gasteiger partial charge in [-0.05, 0) is 77.1 Å². The molecule has 0 radical (unpaired) electrons. The molecule has 0 aromatic heterocycles. The van der Waals surface area contributed by atoms with E-state index in [0.717, 1.165) is 41.9 Å². The maximum absolute atomic E-state index is 13.7. The Morgan fingerprint density at radius 1 is 1.03 bits per heavy atom. The van der Waals surface area contributed by atoms with E-state index in [2.05, 4.69) is 17.4 Å². The maximum atomic E-state index is 13.7. The van der Waals surface area contributed by atoms with Gasteiger partial charge in [0, 0.05) is 31.6 Å². The van der Waals surface area contributed by atoms with Crippen LogP contribution in [0.1, 0.15) is 76.1 Å². The highest BCUT2D eigenvalue weighted by molar-refractivity contribution is 5.87. The van der Waals surface area contributed by atoms with Crippen LogP contribution < -0.4 is 14.8 Å². The minimum Gasteiger partial charge on any atom is -0.493 e. The molecule has 1 aliphatic carbocycles. The van der Waals surface area contributed by atoms with E-state index >= 15 is 0 Å². The fourth-order valence-electron chi connectivity index (χ4n) is 5.12. The molecule has 214 valence electrons. The van der Waals surface area contributed by atoms with Gasteiger partial charge in [0.15, 0.2) is 0 Å². The Morgan fingerprint density at radius 3 is 2.18 bits per heavy atom. The molecule has 0 spiro atoms. The van der Waals surface area contributed by atoms with Crippen LogP contribution >= 0.6 is 0 Å². The Hall–Kier alpha value is -3.26. The van der Waals surface area contributed by atoms with Crippen LogP contribution in [0.25, 0.3) is 0 Å². The summed E-state index contributed by atoms with van der Waals surface area (Å²) in [7, 11) is 0. The summed E-state index contributed by atoms with van der Waals surface area (Å²) in [6, 6.07) is 13.4. The third-order valence-corrected chi connectivity index (χ3v) is 7.41. The van der Waals surface area contributed by atoms with Crippen LogP contribution in [0.5, 0.6) is 11.5 Å². The summed E-state index contributed by atoms with van der Waals surface area (Å²) in [4.78, 5) is 27.7. The molecule has 0 saturated heterocycles. The summed E-state index contributed by atoms with van der Waals surface area (Å²) in [5, 5.41) is 12.9. The molecule has 0 bridgehead atoms. The number of carbonyl (C=O) groups excluding carboxylic acids is 1. The predicted molar refractivity (Wildman–Crippen MR) is 152 cm³/mol. The quantitative estimate of drug-likeness (QED) is 0.273. The minimum absolute atomic E-state index is 0.164. The molecule has 2 amide bonds. The molecule has 2 aromatic carbocycles. The van der Waals surface area contributed by atoms with Gasteiger partial charge in [-0.25, -0.2) is 9.59 Å². The van der Waals surface area contributed by atoms with Crippen molar-refractivity contribution in [3.8, 4) is 11.5 Å². The lowest BCUT2D eigenvalue weighted by Gasteiger charge is -2.45. The van der Waals surface area contributed by atoms with E-state index in [-0.39, 0.29) is 25.0 Å². The first kappa shape index (κ1) is 30.3. The number of carbonyl (C=O) groups is 2. The summed E-state index contributed by atoms with van der Waals surface area (Å²) in [5.41, 5.74) is 1.72. The van der Waals surface area contributed by atoms with Crippen LogP contribution in [-0.4, -0.2) is 60.0 Å². The molecule has 0 unspecified atom stereocenters. The van der Waals surface area contributed by atoms with E-state index in [1.54, 1.807) is 4.90 Å². The van der Waals surface area contributed by atoms with Crippen molar-refractivity contribution in [1.29, 1.82) is 0 Å². The molecule has 39 heavy (non-hydrogen) atoms. The summed E-state index contributed by atoms with van der Waals surface area (Å²) in [5.74, 6) is 0.404. The number of carboxylic acid groups (broad SMARTS) is 1. The third-order valence-electron chi connectivity index (χ3n) is 7.41. The Morgan fingerprint density at radius 2 is 1.64 bits per heavy atom. The van der Waals surface area contributed by atoms with Crippen LogP contribution in [-0.2, 0) is 16.0 Å². The van der Waals surface area contributed by atoms with Crippen LogP contribution in [0.2, 0.25) is 0 Å². The number of hydrogen-bond acceptors (Lipinski definition) is 5. The van der Waals surface area contributed by atoms with Crippen LogP contribution in [0.4, 0.5) is 4.79 Å². The smallest absolute Gasteiger partial charge is 0.329 e. The van der Waals surface area contributed by atoms with Gasteiger partial charge in [-0.3, -0.25) is 0 Å². The average Bonchev–Trinajstić information content (AvgIpc) is 2.89. The molecular formula is C31H44N2O6. The van der Waals surface area contributed by atoms with Crippen molar-refractivity contribution in [2.45, 2.75) is 84.4 Å². The number of hydrogen-bond donors (Lipinski definition) is 2. The van der Waals surface area contributed by atoms with Crippen molar-refractivity contribution < 1.29 is 28.9 Å². The number of rotatable bonds is 15. The summed E-state index contributed by atoms with van der Waals surface area (Å²) >= 11 is 0. The molecule has 0 aliphatic heterocycles.